The monoisotopic (exact) mass is 491 g/mol. The molecule has 1 saturated heterocycles. The number of aliphatic carboxylic acids is 1. The number of thiazole rings is 1. The number of fused-ring (bicyclic) bond motifs is 3. The van der Waals surface area contributed by atoms with Gasteiger partial charge in [-0.2, -0.15) is 0 Å². The normalized spacial score (nSPS) is 14.7. The molecule has 2 amide bonds. The van der Waals surface area contributed by atoms with Gasteiger partial charge in [0.25, 0.3) is 5.91 Å². The molecule has 2 heterocycles. The van der Waals surface area contributed by atoms with Crippen molar-refractivity contribution in [2.75, 3.05) is 25.0 Å². The molecule has 9 heteroatoms. The first-order valence-corrected chi connectivity index (χ1v) is 12.5. The molecule has 2 aliphatic rings. The zero-order valence-corrected chi connectivity index (χ0v) is 19.8. The van der Waals surface area contributed by atoms with E-state index in [1.165, 1.54) is 11.3 Å². The van der Waals surface area contributed by atoms with Crippen LogP contribution < -0.4 is 5.32 Å². The fourth-order valence-electron chi connectivity index (χ4n) is 4.77. The Labute approximate surface area is 206 Å². The molecule has 0 spiro atoms. The number of carboxylic acid groups (broad SMARTS) is 1. The molecular weight excluding hydrogens is 466 g/mol. The van der Waals surface area contributed by atoms with E-state index < -0.39 is 12.1 Å². The summed E-state index contributed by atoms with van der Waals surface area (Å²) < 4.78 is 5.54. The maximum atomic E-state index is 12.6. The molecule has 1 fully saturated rings. The van der Waals surface area contributed by atoms with Crippen LogP contribution in [-0.2, 0) is 9.53 Å². The number of nitrogens with one attached hydrogen (secondary N) is 1. The van der Waals surface area contributed by atoms with E-state index in [-0.39, 0.29) is 30.5 Å². The van der Waals surface area contributed by atoms with Gasteiger partial charge in [-0.25, -0.2) is 9.78 Å². The number of aromatic nitrogens is 1. The van der Waals surface area contributed by atoms with Crippen LogP contribution in [0.1, 0.15) is 46.8 Å². The Morgan fingerprint density at radius 3 is 2.37 bits per heavy atom. The number of likely N-dealkylation sites (tertiary alicyclic amines) is 1. The minimum absolute atomic E-state index is 0.0311. The fourth-order valence-corrected chi connectivity index (χ4v) is 5.44. The molecule has 2 aromatic carbocycles. The maximum absolute atomic E-state index is 12.6. The second kappa shape index (κ2) is 9.87. The van der Waals surface area contributed by atoms with Gasteiger partial charge in [0.05, 0.1) is 0 Å². The number of hydrogen-bond acceptors (Lipinski definition) is 6. The van der Waals surface area contributed by atoms with Gasteiger partial charge in [0.2, 0.25) is 0 Å². The van der Waals surface area contributed by atoms with E-state index in [1.54, 1.807) is 10.3 Å². The van der Waals surface area contributed by atoms with Gasteiger partial charge in [-0.15, -0.1) is 11.3 Å². The molecule has 5 rings (SSSR count). The average Bonchev–Trinajstić information content (AvgIpc) is 3.41. The number of hydrogen-bond donors (Lipinski definition) is 2. The van der Waals surface area contributed by atoms with Crippen LogP contribution in [0.25, 0.3) is 11.1 Å². The second-order valence-electron chi connectivity index (χ2n) is 8.85. The van der Waals surface area contributed by atoms with Crippen LogP contribution in [0.4, 0.5) is 9.93 Å². The summed E-state index contributed by atoms with van der Waals surface area (Å²) in [6.07, 6.45) is 0.957. The Kier molecular flexibility index (Phi) is 6.50. The molecule has 0 atom stereocenters. The number of carbonyl (C=O) groups is 3. The van der Waals surface area contributed by atoms with E-state index in [9.17, 15) is 14.4 Å². The summed E-state index contributed by atoms with van der Waals surface area (Å²) in [6, 6.07) is 16.3. The molecule has 1 aliphatic carbocycles. The Balaban J connectivity index is 1.12. The summed E-state index contributed by atoms with van der Waals surface area (Å²) in [5, 5.41) is 13.3. The third-order valence-electron chi connectivity index (χ3n) is 6.52. The Bertz CT molecular complexity index is 1220. The molecule has 1 aliphatic heterocycles. The van der Waals surface area contributed by atoms with Gasteiger partial charge in [-0.05, 0) is 41.0 Å². The van der Waals surface area contributed by atoms with Crippen LogP contribution >= 0.6 is 11.3 Å². The number of rotatable bonds is 8. The number of ether oxygens (including phenoxy) is 1. The first-order valence-electron chi connectivity index (χ1n) is 11.6. The minimum Gasteiger partial charge on any atom is -0.481 e. The first kappa shape index (κ1) is 23.0. The Morgan fingerprint density at radius 2 is 1.71 bits per heavy atom. The lowest BCUT2D eigenvalue weighted by atomic mass is 9.93. The standard InChI is InChI=1S/C26H25N3O5S/c30-23(31)11-5-6-16-12-29(13-16)24(32)22-15-35-25(27-22)28-26(33)34-14-21-19-9-3-1-7-17(19)18-8-2-4-10-20(18)21/h1-4,7-10,15-16,21H,5-6,11-14H2,(H,30,31)(H,27,28,33). The molecule has 8 nitrogen and oxygen atoms in total. The summed E-state index contributed by atoms with van der Waals surface area (Å²) in [5.41, 5.74) is 4.89. The van der Waals surface area contributed by atoms with Crippen molar-refractivity contribution < 1.29 is 24.2 Å². The van der Waals surface area contributed by atoms with E-state index >= 15 is 0 Å². The van der Waals surface area contributed by atoms with E-state index in [2.05, 4.69) is 34.6 Å². The van der Waals surface area contributed by atoms with Gasteiger partial charge in [0.15, 0.2) is 5.13 Å². The second-order valence-corrected chi connectivity index (χ2v) is 9.71. The summed E-state index contributed by atoms with van der Waals surface area (Å²) in [5.74, 6) is -0.681. The highest BCUT2D eigenvalue weighted by Gasteiger charge is 2.32. The topological polar surface area (TPSA) is 109 Å². The summed E-state index contributed by atoms with van der Waals surface area (Å²) >= 11 is 1.18. The van der Waals surface area contributed by atoms with Crippen molar-refractivity contribution in [3.8, 4) is 11.1 Å². The number of anilines is 1. The quantitative estimate of drug-likeness (QED) is 0.467. The van der Waals surface area contributed by atoms with Gasteiger partial charge in [-0.3, -0.25) is 14.9 Å². The molecule has 0 unspecified atom stereocenters. The van der Waals surface area contributed by atoms with Crippen molar-refractivity contribution in [2.24, 2.45) is 5.92 Å². The first-order chi connectivity index (χ1) is 17.0. The molecule has 0 bridgehead atoms. The predicted molar refractivity (Wildman–Crippen MR) is 132 cm³/mol. The highest BCUT2D eigenvalue weighted by molar-refractivity contribution is 7.14. The zero-order valence-electron chi connectivity index (χ0n) is 19.0. The number of carboxylic acids is 1. The number of amides is 2. The smallest absolute Gasteiger partial charge is 0.413 e. The van der Waals surface area contributed by atoms with E-state index in [1.807, 2.05) is 24.3 Å². The molecular formula is C26H25N3O5S. The van der Waals surface area contributed by atoms with Crippen LogP contribution in [0.2, 0.25) is 0 Å². The average molecular weight is 492 g/mol. The van der Waals surface area contributed by atoms with Crippen LogP contribution in [0, 0.1) is 5.92 Å². The number of benzene rings is 2. The molecule has 1 aromatic heterocycles. The van der Waals surface area contributed by atoms with Gasteiger partial charge < -0.3 is 14.7 Å². The van der Waals surface area contributed by atoms with Crippen molar-refractivity contribution in [2.45, 2.75) is 25.2 Å². The number of carbonyl (C=O) groups excluding carboxylic acids is 2. The molecule has 2 N–H and O–H groups in total. The fraction of sp³-hybridized carbons (Fsp3) is 0.308. The minimum atomic E-state index is -0.795. The summed E-state index contributed by atoms with van der Waals surface area (Å²) in [6.45, 7) is 1.41. The zero-order chi connectivity index (χ0) is 24.4. The maximum Gasteiger partial charge on any atom is 0.413 e. The molecule has 35 heavy (non-hydrogen) atoms. The lowest BCUT2D eigenvalue weighted by molar-refractivity contribution is -0.137. The van der Waals surface area contributed by atoms with Gasteiger partial charge in [0.1, 0.15) is 12.3 Å². The van der Waals surface area contributed by atoms with E-state index in [4.69, 9.17) is 9.84 Å². The Morgan fingerprint density at radius 1 is 1.06 bits per heavy atom. The van der Waals surface area contributed by atoms with Crippen molar-refractivity contribution >= 4 is 34.4 Å². The molecule has 3 aromatic rings. The SMILES string of the molecule is O=C(O)CCCC1CN(C(=O)c2csc(NC(=O)OCC3c4ccccc4-c4ccccc43)n2)C1. The highest BCUT2D eigenvalue weighted by atomic mass is 32.1. The Hall–Kier alpha value is -3.72. The summed E-state index contributed by atoms with van der Waals surface area (Å²) in [4.78, 5) is 41.6. The van der Waals surface area contributed by atoms with E-state index in [0.29, 0.717) is 30.6 Å². The van der Waals surface area contributed by atoms with Crippen LogP contribution in [-0.4, -0.2) is 52.7 Å². The predicted octanol–water partition coefficient (Wildman–Crippen LogP) is 4.83. The van der Waals surface area contributed by atoms with Gasteiger partial charge in [0, 0.05) is 30.8 Å². The van der Waals surface area contributed by atoms with E-state index in [0.717, 1.165) is 28.7 Å². The van der Waals surface area contributed by atoms with Crippen LogP contribution in [0.15, 0.2) is 53.9 Å². The third-order valence-corrected chi connectivity index (χ3v) is 7.28. The highest BCUT2D eigenvalue weighted by Crippen LogP contribution is 2.44. The van der Waals surface area contributed by atoms with Crippen LogP contribution in [0.3, 0.4) is 0 Å². The van der Waals surface area contributed by atoms with Crippen molar-refractivity contribution in [3.63, 3.8) is 0 Å². The van der Waals surface area contributed by atoms with Gasteiger partial charge >= 0.3 is 12.1 Å². The van der Waals surface area contributed by atoms with Crippen molar-refractivity contribution in [1.29, 1.82) is 0 Å². The van der Waals surface area contributed by atoms with Crippen molar-refractivity contribution in [3.05, 3.63) is 70.7 Å². The number of nitrogens with zero attached hydrogens (tertiary/aromatic N) is 2. The van der Waals surface area contributed by atoms with Crippen molar-refractivity contribution in [1.82, 2.24) is 9.88 Å². The van der Waals surface area contributed by atoms with Crippen LogP contribution in [0.5, 0.6) is 0 Å². The lowest BCUT2D eigenvalue weighted by Gasteiger charge is -2.39. The third kappa shape index (κ3) is 4.90. The molecule has 0 saturated carbocycles. The largest absolute Gasteiger partial charge is 0.481 e. The lowest BCUT2D eigenvalue weighted by Crippen LogP contribution is -2.50. The molecule has 180 valence electrons. The van der Waals surface area contributed by atoms with Gasteiger partial charge in [-0.1, -0.05) is 48.5 Å². The molecule has 0 radical (unpaired) electrons. The summed E-state index contributed by atoms with van der Waals surface area (Å²) in [7, 11) is 0.